The second-order valence-electron chi connectivity index (χ2n) is 9.25. The molecule has 31 heavy (non-hydrogen) atoms. The van der Waals surface area contributed by atoms with Gasteiger partial charge in [-0.05, 0) is 35.7 Å². The average Bonchev–Trinajstić information content (AvgIpc) is 2.83. The summed E-state index contributed by atoms with van der Waals surface area (Å²) >= 11 is 0. The zero-order valence-electron chi connectivity index (χ0n) is 18.2. The van der Waals surface area contributed by atoms with Crippen molar-refractivity contribution in [3.05, 3.63) is 84.6 Å². The van der Waals surface area contributed by atoms with E-state index in [1.54, 1.807) is 7.11 Å². The lowest BCUT2D eigenvalue weighted by Crippen LogP contribution is -2.67. The van der Waals surface area contributed by atoms with E-state index in [2.05, 4.69) is 48.0 Å². The number of piperidine rings is 3. The molecule has 4 heteroatoms. The zero-order valence-corrected chi connectivity index (χ0v) is 18.2. The first-order chi connectivity index (χ1) is 15.1. The molecule has 160 valence electrons. The molecule has 2 aromatic carbocycles. The van der Waals surface area contributed by atoms with E-state index in [9.17, 15) is 5.11 Å². The minimum atomic E-state index is -0.546. The number of hydrogen-bond donors (Lipinski definition) is 1. The van der Waals surface area contributed by atoms with Crippen LogP contribution in [0.2, 0.25) is 0 Å². The van der Waals surface area contributed by atoms with Crippen LogP contribution in [0.5, 0.6) is 5.75 Å². The second-order valence-corrected chi connectivity index (χ2v) is 9.25. The summed E-state index contributed by atoms with van der Waals surface area (Å²) in [5, 5.41) is 12.8. The average molecular weight is 416 g/mol. The van der Waals surface area contributed by atoms with Crippen LogP contribution in [0.4, 0.5) is 0 Å². The van der Waals surface area contributed by atoms with Crippen LogP contribution >= 0.6 is 0 Å². The van der Waals surface area contributed by atoms with Crippen molar-refractivity contribution in [2.45, 2.75) is 31.5 Å². The van der Waals surface area contributed by atoms with E-state index in [0.29, 0.717) is 11.8 Å². The minimum absolute atomic E-state index is 0.159. The molecule has 3 aromatic rings. The summed E-state index contributed by atoms with van der Waals surface area (Å²) in [4.78, 5) is 4.52. The zero-order chi connectivity index (χ0) is 21.4. The normalized spacial score (nSPS) is 28.4. The van der Waals surface area contributed by atoms with E-state index >= 15 is 0 Å². The maximum Gasteiger partial charge on any atom is 0.131 e. The fraction of sp³-hybridized carbons (Fsp3) is 0.370. The van der Waals surface area contributed by atoms with Crippen molar-refractivity contribution >= 4 is 10.9 Å². The Bertz CT molecular complexity index is 1080. The smallest absolute Gasteiger partial charge is 0.131 e. The number of nitrogens with zero attached hydrogens (tertiary/aromatic N) is 2. The third-order valence-corrected chi connectivity index (χ3v) is 7.68. The number of aromatic nitrogens is 1. The van der Waals surface area contributed by atoms with Crippen LogP contribution in [0, 0.1) is 11.8 Å². The Kier molecular flexibility index (Phi) is 5.28. The lowest BCUT2D eigenvalue weighted by molar-refractivity contribution is -0.984. The Balaban J connectivity index is 1.56. The van der Waals surface area contributed by atoms with Gasteiger partial charge in [-0.15, -0.1) is 6.58 Å². The molecule has 3 fully saturated rings. The Morgan fingerprint density at radius 2 is 2.06 bits per heavy atom. The Labute approximate surface area is 184 Å². The van der Waals surface area contributed by atoms with Gasteiger partial charge < -0.3 is 14.3 Å². The quantitative estimate of drug-likeness (QED) is 0.460. The van der Waals surface area contributed by atoms with Gasteiger partial charge >= 0.3 is 0 Å². The summed E-state index contributed by atoms with van der Waals surface area (Å²) in [5.74, 6) is 1.92. The van der Waals surface area contributed by atoms with Gasteiger partial charge in [-0.1, -0.05) is 36.4 Å². The molecular weight excluding hydrogens is 384 g/mol. The van der Waals surface area contributed by atoms with Crippen LogP contribution in [-0.2, 0) is 6.54 Å². The van der Waals surface area contributed by atoms with E-state index < -0.39 is 6.10 Å². The Hall–Kier alpha value is -2.69. The van der Waals surface area contributed by atoms with E-state index in [1.165, 1.54) is 12.0 Å². The molecule has 6 rings (SSSR count). The van der Waals surface area contributed by atoms with Gasteiger partial charge in [0.15, 0.2) is 0 Å². The summed E-state index contributed by atoms with van der Waals surface area (Å²) < 4.78 is 6.38. The van der Waals surface area contributed by atoms with Crippen LogP contribution in [0.3, 0.4) is 0 Å². The van der Waals surface area contributed by atoms with Crippen molar-refractivity contribution in [2.24, 2.45) is 11.8 Å². The molecule has 0 amide bonds. The van der Waals surface area contributed by atoms with Crippen LogP contribution in [-0.4, -0.2) is 40.8 Å². The summed E-state index contributed by atoms with van der Waals surface area (Å²) in [5.41, 5.74) is 3.19. The number of benzene rings is 2. The molecule has 3 saturated heterocycles. The molecular formula is C27H31N2O2+. The molecule has 0 saturated carbocycles. The molecule has 0 aliphatic carbocycles. The summed E-state index contributed by atoms with van der Waals surface area (Å²) in [6.07, 6.45) is 5.65. The lowest BCUT2D eigenvalue weighted by Gasteiger charge is -2.58. The van der Waals surface area contributed by atoms with E-state index in [-0.39, 0.29) is 6.04 Å². The molecule has 0 radical (unpaired) electrons. The topological polar surface area (TPSA) is 42.4 Å². The van der Waals surface area contributed by atoms with Gasteiger partial charge in [0.05, 0.1) is 25.7 Å². The molecule has 1 N–H and O–H groups in total. The molecule has 0 spiro atoms. The highest BCUT2D eigenvalue weighted by Crippen LogP contribution is 2.48. The van der Waals surface area contributed by atoms with Gasteiger partial charge in [0.25, 0.3) is 0 Å². The van der Waals surface area contributed by atoms with Gasteiger partial charge in [-0.3, -0.25) is 4.98 Å². The lowest BCUT2D eigenvalue weighted by atomic mass is 9.71. The number of ether oxygens (including phenoxy) is 1. The standard InChI is InChI=1S/C27H31N2O2/c1-3-20-18-29(17-19-7-5-4-6-8-19)14-12-21(20)15-26(29)27(30)23-11-13-28-25-10-9-22(31-2)16-24(23)25/h3-11,13,16,20-21,26-27,30H,1,12,14-15,17-18H2,2H3/q+1/t20-,21-,26-,27+,29+/m0/s1. The van der Waals surface area contributed by atoms with Crippen LogP contribution in [0.15, 0.2) is 73.4 Å². The third kappa shape index (κ3) is 3.54. The van der Waals surface area contributed by atoms with Gasteiger partial charge in [0.1, 0.15) is 24.4 Å². The molecule has 2 bridgehead atoms. The van der Waals surface area contributed by atoms with E-state index in [1.807, 2.05) is 30.5 Å². The maximum absolute atomic E-state index is 11.8. The molecule has 4 nitrogen and oxygen atoms in total. The highest BCUT2D eigenvalue weighted by molar-refractivity contribution is 5.83. The number of aliphatic hydroxyl groups excluding tert-OH is 1. The molecule has 0 unspecified atom stereocenters. The number of hydrogen-bond acceptors (Lipinski definition) is 3. The van der Waals surface area contributed by atoms with Crippen molar-refractivity contribution < 1.29 is 14.3 Å². The van der Waals surface area contributed by atoms with Crippen molar-refractivity contribution in [3.8, 4) is 5.75 Å². The number of aliphatic hydroxyl groups is 1. The van der Waals surface area contributed by atoms with Gasteiger partial charge in [-0.2, -0.15) is 0 Å². The SMILES string of the molecule is C=C[C@H]1C[N@+]2(Cc3ccccc3)CC[C@H]1C[C@H]2[C@H](O)c1ccnc2ccc(OC)cc12. The summed E-state index contributed by atoms with van der Waals surface area (Å²) in [6, 6.07) is 18.8. The number of rotatable bonds is 6. The number of pyridine rings is 1. The van der Waals surface area contributed by atoms with Crippen molar-refractivity contribution in [1.29, 1.82) is 0 Å². The van der Waals surface area contributed by atoms with Gasteiger partial charge in [0.2, 0.25) is 0 Å². The highest BCUT2D eigenvalue weighted by Gasteiger charge is 2.53. The Morgan fingerprint density at radius 3 is 2.84 bits per heavy atom. The van der Waals surface area contributed by atoms with E-state index in [0.717, 1.165) is 52.8 Å². The molecule has 4 heterocycles. The molecule has 3 aliphatic rings. The minimum Gasteiger partial charge on any atom is -0.497 e. The van der Waals surface area contributed by atoms with Crippen molar-refractivity contribution in [1.82, 2.24) is 4.98 Å². The fourth-order valence-corrected chi connectivity index (χ4v) is 6.07. The maximum atomic E-state index is 11.8. The first kappa shape index (κ1) is 20.2. The number of quaternary nitrogens is 1. The first-order valence-electron chi connectivity index (χ1n) is 11.3. The van der Waals surface area contributed by atoms with Crippen molar-refractivity contribution in [2.75, 3.05) is 20.2 Å². The third-order valence-electron chi connectivity index (χ3n) is 7.68. The monoisotopic (exact) mass is 415 g/mol. The molecule has 1 aromatic heterocycles. The highest BCUT2D eigenvalue weighted by atomic mass is 16.5. The fourth-order valence-electron chi connectivity index (χ4n) is 6.07. The Morgan fingerprint density at radius 1 is 1.23 bits per heavy atom. The number of methoxy groups -OCH3 is 1. The van der Waals surface area contributed by atoms with Gasteiger partial charge in [-0.25, -0.2) is 0 Å². The first-order valence-corrected chi connectivity index (χ1v) is 11.3. The predicted octanol–water partition coefficient (Wildman–Crippen LogP) is 4.89. The molecule has 3 aliphatic heterocycles. The number of fused-ring (bicyclic) bond motifs is 4. The summed E-state index contributed by atoms with van der Waals surface area (Å²) in [6.45, 7) is 7.25. The van der Waals surface area contributed by atoms with Crippen LogP contribution in [0.25, 0.3) is 10.9 Å². The largest absolute Gasteiger partial charge is 0.497 e. The van der Waals surface area contributed by atoms with E-state index in [4.69, 9.17) is 4.74 Å². The second kappa shape index (κ2) is 8.10. The van der Waals surface area contributed by atoms with Crippen molar-refractivity contribution in [3.63, 3.8) is 0 Å². The summed E-state index contributed by atoms with van der Waals surface area (Å²) in [7, 11) is 1.68. The van der Waals surface area contributed by atoms with Crippen LogP contribution < -0.4 is 4.74 Å². The van der Waals surface area contributed by atoms with Gasteiger partial charge in [0, 0.05) is 35.9 Å². The molecule has 5 atom stereocenters. The van der Waals surface area contributed by atoms with Crippen LogP contribution in [0.1, 0.15) is 30.1 Å². The predicted molar refractivity (Wildman–Crippen MR) is 124 cm³/mol.